The molecule has 2 heterocycles. The van der Waals surface area contributed by atoms with Crippen LogP contribution in [-0.2, 0) is 4.79 Å². The van der Waals surface area contributed by atoms with Crippen LogP contribution in [0.2, 0.25) is 0 Å². The first-order valence-corrected chi connectivity index (χ1v) is 8.06. The topological polar surface area (TPSA) is 54.9 Å². The molecule has 0 aliphatic rings. The highest BCUT2D eigenvalue weighted by Crippen LogP contribution is 2.27. The van der Waals surface area contributed by atoms with Gasteiger partial charge in [0.1, 0.15) is 27.8 Å². The molecule has 0 aliphatic carbocycles. The highest BCUT2D eigenvalue weighted by Gasteiger charge is 2.11. The third kappa shape index (κ3) is 3.23. The summed E-state index contributed by atoms with van der Waals surface area (Å²) in [7, 11) is 0. The Balaban J connectivity index is 1.67. The van der Waals surface area contributed by atoms with Crippen molar-refractivity contribution in [3.63, 3.8) is 0 Å². The summed E-state index contributed by atoms with van der Waals surface area (Å²) in [4.78, 5) is 21.0. The SMILES string of the molecule is O=C(CSc1ncnc2sccc12)Nc1cc(F)ccc1F. The van der Waals surface area contributed by atoms with E-state index in [0.29, 0.717) is 5.03 Å². The quantitative estimate of drug-likeness (QED) is 0.583. The number of halogens is 2. The lowest BCUT2D eigenvalue weighted by Crippen LogP contribution is -2.15. The number of rotatable bonds is 4. The van der Waals surface area contributed by atoms with Gasteiger partial charge in [-0.1, -0.05) is 11.8 Å². The number of fused-ring (bicyclic) bond motifs is 1. The molecule has 8 heteroatoms. The zero-order valence-corrected chi connectivity index (χ0v) is 12.7. The summed E-state index contributed by atoms with van der Waals surface area (Å²) in [5, 5.41) is 5.80. The van der Waals surface area contributed by atoms with Gasteiger partial charge in [0.15, 0.2) is 0 Å². The summed E-state index contributed by atoms with van der Waals surface area (Å²) >= 11 is 2.70. The van der Waals surface area contributed by atoms with Crippen molar-refractivity contribution in [1.82, 2.24) is 9.97 Å². The Hall–Kier alpha value is -2.06. The molecule has 3 rings (SSSR count). The molecule has 0 unspecified atom stereocenters. The van der Waals surface area contributed by atoms with Gasteiger partial charge in [-0.25, -0.2) is 18.7 Å². The highest BCUT2D eigenvalue weighted by atomic mass is 32.2. The van der Waals surface area contributed by atoms with Crippen molar-refractivity contribution in [1.29, 1.82) is 0 Å². The summed E-state index contributed by atoms with van der Waals surface area (Å²) in [6, 6.07) is 4.79. The second-order valence-electron chi connectivity index (χ2n) is 4.28. The molecular formula is C14H9F2N3OS2. The van der Waals surface area contributed by atoms with Gasteiger partial charge >= 0.3 is 0 Å². The molecule has 2 aromatic heterocycles. The van der Waals surface area contributed by atoms with E-state index in [1.807, 2.05) is 11.4 Å². The number of thiophene rings is 1. The van der Waals surface area contributed by atoms with Gasteiger partial charge in [-0.05, 0) is 23.6 Å². The molecule has 0 radical (unpaired) electrons. The summed E-state index contributed by atoms with van der Waals surface area (Å²) in [6.45, 7) is 0. The zero-order valence-electron chi connectivity index (χ0n) is 11.0. The minimum Gasteiger partial charge on any atom is -0.323 e. The monoisotopic (exact) mass is 337 g/mol. The molecule has 3 aromatic rings. The number of carbonyl (C=O) groups is 1. The van der Waals surface area contributed by atoms with Gasteiger partial charge in [0.25, 0.3) is 0 Å². The number of thioether (sulfide) groups is 1. The van der Waals surface area contributed by atoms with E-state index in [1.54, 1.807) is 0 Å². The molecule has 0 aliphatic heterocycles. The first-order valence-electron chi connectivity index (χ1n) is 6.19. The normalized spacial score (nSPS) is 10.8. The van der Waals surface area contributed by atoms with Crippen molar-refractivity contribution in [2.24, 2.45) is 0 Å². The Morgan fingerprint density at radius 2 is 2.14 bits per heavy atom. The van der Waals surface area contributed by atoms with Crippen molar-refractivity contribution in [3.8, 4) is 0 Å². The van der Waals surface area contributed by atoms with Crippen LogP contribution >= 0.6 is 23.1 Å². The number of hydrogen-bond donors (Lipinski definition) is 1. The van der Waals surface area contributed by atoms with Crippen molar-refractivity contribution < 1.29 is 13.6 Å². The molecule has 1 N–H and O–H groups in total. The Bertz CT molecular complexity index is 838. The molecule has 112 valence electrons. The van der Waals surface area contributed by atoms with E-state index >= 15 is 0 Å². The largest absolute Gasteiger partial charge is 0.323 e. The minimum absolute atomic E-state index is 0.0396. The van der Waals surface area contributed by atoms with Crippen LogP contribution in [0.15, 0.2) is 41.0 Å². The van der Waals surface area contributed by atoms with Crippen molar-refractivity contribution in [2.45, 2.75) is 5.03 Å². The maximum Gasteiger partial charge on any atom is 0.234 e. The predicted octanol–water partition coefficient (Wildman–Crippen LogP) is 3.70. The first-order chi connectivity index (χ1) is 10.6. The number of nitrogens with zero attached hydrogens (tertiary/aromatic N) is 2. The summed E-state index contributed by atoms with van der Waals surface area (Å²) < 4.78 is 26.5. The number of carbonyl (C=O) groups excluding carboxylic acids is 1. The molecule has 0 saturated carbocycles. The maximum atomic E-state index is 13.5. The third-order valence-corrected chi connectivity index (χ3v) is 4.59. The first kappa shape index (κ1) is 14.9. The molecule has 1 amide bonds. The molecule has 0 bridgehead atoms. The van der Waals surface area contributed by atoms with Gasteiger partial charge in [0.2, 0.25) is 5.91 Å². The van der Waals surface area contributed by atoms with Gasteiger partial charge in [-0.15, -0.1) is 11.3 Å². The highest BCUT2D eigenvalue weighted by molar-refractivity contribution is 8.00. The van der Waals surface area contributed by atoms with E-state index in [4.69, 9.17) is 0 Å². The zero-order chi connectivity index (χ0) is 15.5. The number of amides is 1. The molecule has 0 saturated heterocycles. The number of aromatic nitrogens is 2. The van der Waals surface area contributed by atoms with Crippen LogP contribution in [0.25, 0.3) is 10.2 Å². The van der Waals surface area contributed by atoms with Crippen LogP contribution in [0.4, 0.5) is 14.5 Å². The Labute approximate surface area is 132 Å². The summed E-state index contributed by atoms with van der Waals surface area (Å²) in [5.41, 5.74) is -0.172. The second-order valence-corrected chi connectivity index (χ2v) is 6.14. The predicted molar refractivity (Wildman–Crippen MR) is 83.1 cm³/mol. The molecule has 0 spiro atoms. The summed E-state index contributed by atoms with van der Waals surface area (Å²) in [5.74, 6) is -1.68. The van der Waals surface area contributed by atoms with Gasteiger partial charge < -0.3 is 5.32 Å². The lowest BCUT2D eigenvalue weighted by Gasteiger charge is -2.06. The van der Waals surface area contributed by atoms with Gasteiger partial charge in [0.05, 0.1) is 11.4 Å². The van der Waals surface area contributed by atoms with E-state index in [-0.39, 0.29) is 11.4 Å². The maximum absolute atomic E-state index is 13.5. The van der Waals surface area contributed by atoms with Gasteiger partial charge in [-0.2, -0.15) is 0 Å². The molecule has 0 fully saturated rings. The van der Waals surface area contributed by atoms with Gasteiger partial charge in [-0.3, -0.25) is 4.79 Å². The number of benzene rings is 1. The van der Waals surface area contributed by atoms with Crippen LogP contribution < -0.4 is 5.32 Å². The number of nitrogens with one attached hydrogen (secondary N) is 1. The van der Waals surface area contributed by atoms with Crippen LogP contribution in [0.5, 0.6) is 0 Å². The number of anilines is 1. The van der Waals surface area contributed by atoms with Crippen molar-refractivity contribution >= 4 is 44.9 Å². The Morgan fingerprint density at radius 1 is 1.27 bits per heavy atom. The Kier molecular flexibility index (Phi) is 4.30. The minimum atomic E-state index is -0.679. The number of hydrogen-bond acceptors (Lipinski definition) is 5. The molecular weight excluding hydrogens is 328 g/mol. The average molecular weight is 337 g/mol. The fourth-order valence-electron chi connectivity index (χ4n) is 1.80. The lowest BCUT2D eigenvalue weighted by molar-refractivity contribution is -0.113. The third-order valence-electron chi connectivity index (χ3n) is 2.77. The Morgan fingerprint density at radius 3 is 3.00 bits per heavy atom. The standard InChI is InChI=1S/C14H9F2N3OS2/c15-8-1-2-10(16)11(5-8)19-12(20)6-22-14-9-3-4-21-13(9)17-7-18-14/h1-5,7H,6H2,(H,19,20). The van der Waals surface area contributed by atoms with Crippen LogP contribution in [0.3, 0.4) is 0 Å². The fourth-order valence-corrected chi connectivity index (χ4v) is 3.37. The average Bonchev–Trinajstić information content (AvgIpc) is 2.98. The van der Waals surface area contributed by atoms with Crippen LogP contribution in [0, 0.1) is 11.6 Å². The molecule has 4 nitrogen and oxygen atoms in total. The van der Waals surface area contributed by atoms with Crippen molar-refractivity contribution in [2.75, 3.05) is 11.1 Å². The van der Waals surface area contributed by atoms with Crippen molar-refractivity contribution in [3.05, 3.63) is 47.6 Å². The lowest BCUT2D eigenvalue weighted by atomic mass is 10.3. The van der Waals surface area contributed by atoms with E-state index in [2.05, 4.69) is 15.3 Å². The van der Waals surface area contributed by atoms with Gasteiger partial charge in [0, 0.05) is 11.5 Å². The van der Waals surface area contributed by atoms with E-state index in [0.717, 1.165) is 28.4 Å². The van der Waals surface area contributed by atoms with E-state index < -0.39 is 17.5 Å². The summed E-state index contributed by atoms with van der Waals surface area (Å²) in [6.07, 6.45) is 1.44. The smallest absolute Gasteiger partial charge is 0.234 e. The van der Waals surface area contributed by atoms with Crippen LogP contribution in [-0.4, -0.2) is 21.6 Å². The van der Waals surface area contributed by atoms with Crippen LogP contribution in [0.1, 0.15) is 0 Å². The van der Waals surface area contributed by atoms with E-state index in [1.165, 1.54) is 29.4 Å². The van der Waals surface area contributed by atoms with E-state index in [9.17, 15) is 13.6 Å². The molecule has 1 aromatic carbocycles. The second kappa shape index (κ2) is 6.37. The fraction of sp³-hybridized carbons (Fsp3) is 0.0714. The molecule has 22 heavy (non-hydrogen) atoms. The molecule has 0 atom stereocenters.